The summed E-state index contributed by atoms with van der Waals surface area (Å²) in [4.78, 5) is 17.2. The van der Waals surface area contributed by atoms with Crippen molar-refractivity contribution in [3.8, 4) is 5.75 Å². The number of β-amino-alcohol motifs (C(OH)–C–C–N with tert-alkyl or cyclic N) is 1. The second kappa shape index (κ2) is 9.56. The molecule has 33 heavy (non-hydrogen) atoms. The summed E-state index contributed by atoms with van der Waals surface area (Å²) in [6.45, 7) is 3.36. The van der Waals surface area contributed by atoms with Crippen molar-refractivity contribution in [2.45, 2.75) is 19.1 Å². The van der Waals surface area contributed by atoms with E-state index in [9.17, 15) is 9.90 Å². The molecule has 0 bridgehead atoms. The molecular formula is C25H27N5O3. The third-order valence-electron chi connectivity index (χ3n) is 6.10. The van der Waals surface area contributed by atoms with Gasteiger partial charge >= 0.3 is 0 Å². The van der Waals surface area contributed by atoms with Crippen molar-refractivity contribution in [1.29, 1.82) is 0 Å². The number of rotatable bonds is 6. The van der Waals surface area contributed by atoms with E-state index in [1.54, 1.807) is 35.5 Å². The highest BCUT2D eigenvalue weighted by Gasteiger charge is 2.27. The molecule has 0 aliphatic carbocycles. The molecule has 0 saturated heterocycles. The third-order valence-corrected chi connectivity index (χ3v) is 6.10. The van der Waals surface area contributed by atoms with Crippen molar-refractivity contribution in [3.63, 3.8) is 0 Å². The zero-order valence-corrected chi connectivity index (χ0v) is 18.4. The lowest BCUT2D eigenvalue weighted by molar-refractivity contribution is 0.0501. The molecule has 0 radical (unpaired) electrons. The number of aliphatic hydroxyl groups excluding tert-OH is 1. The smallest absolute Gasteiger partial charge is 0.257 e. The van der Waals surface area contributed by atoms with Gasteiger partial charge in [0.2, 0.25) is 0 Å². The number of nitrogens with zero attached hydrogens (tertiary/aromatic N) is 4. The number of aliphatic hydroxyl groups is 1. The number of nitrogens with one attached hydrogen (secondary N) is 1. The number of carbonyl (C=O) groups is 1. The molecule has 0 spiro atoms. The normalized spacial score (nSPS) is 16.9. The number of hydrogen-bond acceptors (Lipinski definition) is 7. The van der Waals surface area contributed by atoms with Crippen LogP contribution in [-0.2, 0) is 13.0 Å². The van der Waals surface area contributed by atoms with E-state index in [4.69, 9.17) is 4.74 Å². The number of amides is 1. The molecule has 8 nitrogen and oxygen atoms in total. The first-order valence-electron chi connectivity index (χ1n) is 11.2. The molecule has 2 aromatic carbocycles. The van der Waals surface area contributed by atoms with Crippen LogP contribution in [0, 0.1) is 0 Å². The SMILES string of the molecule is O=C1c2cc(Nc3ccnnc3)ccc2OCCN1C[C@H](O)CN1CCc2ccccc2C1. The Hall–Kier alpha value is -3.49. The van der Waals surface area contributed by atoms with Crippen molar-refractivity contribution in [1.82, 2.24) is 20.0 Å². The number of benzene rings is 2. The summed E-state index contributed by atoms with van der Waals surface area (Å²) in [5.41, 5.74) is 4.72. The summed E-state index contributed by atoms with van der Waals surface area (Å²) >= 11 is 0. The van der Waals surface area contributed by atoms with Crippen LogP contribution in [0.15, 0.2) is 60.9 Å². The lowest BCUT2D eigenvalue weighted by Crippen LogP contribution is -2.44. The second-order valence-electron chi connectivity index (χ2n) is 8.47. The minimum atomic E-state index is -0.634. The molecule has 1 aromatic heterocycles. The minimum absolute atomic E-state index is 0.137. The zero-order chi connectivity index (χ0) is 22.6. The van der Waals surface area contributed by atoms with Gasteiger partial charge in [-0.15, -0.1) is 0 Å². The summed E-state index contributed by atoms with van der Waals surface area (Å²) in [5.74, 6) is 0.421. The maximum atomic E-state index is 13.3. The molecule has 1 atom stereocenters. The lowest BCUT2D eigenvalue weighted by Gasteiger charge is -2.32. The molecule has 0 fully saturated rings. The average Bonchev–Trinajstić information content (AvgIpc) is 2.98. The Labute approximate surface area is 192 Å². The monoisotopic (exact) mass is 445 g/mol. The van der Waals surface area contributed by atoms with Crippen LogP contribution in [0.4, 0.5) is 11.4 Å². The van der Waals surface area contributed by atoms with Gasteiger partial charge in [0.1, 0.15) is 12.4 Å². The maximum Gasteiger partial charge on any atom is 0.257 e. The summed E-state index contributed by atoms with van der Waals surface area (Å²) in [5, 5.41) is 21.7. The van der Waals surface area contributed by atoms with E-state index in [1.165, 1.54) is 11.1 Å². The number of fused-ring (bicyclic) bond motifs is 2. The molecule has 3 aromatic rings. The van der Waals surface area contributed by atoms with Crippen molar-refractivity contribution in [3.05, 3.63) is 77.6 Å². The number of ether oxygens (including phenoxy) is 1. The zero-order valence-electron chi connectivity index (χ0n) is 18.4. The third kappa shape index (κ3) is 4.97. The van der Waals surface area contributed by atoms with Gasteiger partial charge in [-0.2, -0.15) is 10.2 Å². The molecule has 2 N–H and O–H groups in total. The largest absolute Gasteiger partial charge is 0.491 e. The van der Waals surface area contributed by atoms with Gasteiger partial charge in [0.15, 0.2) is 0 Å². The van der Waals surface area contributed by atoms with Gasteiger partial charge in [-0.25, -0.2) is 0 Å². The maximum absolute atomic E-state index is 13.3. The quantitative estimate of drug-likeness (QED) is 0.602. The van der Waals surface area contributed by atoms with Crippen LogP contribution < -0.4 is 10.1 Å². The highest BCUT2D eigenvalue weighted by molar-refractivity contribution is 5.98. The number of hydrogen-bond donors (Lipinski definition) is 2. The summed E-state index contributed by atoms with van der Waals surface area (Å²) in [7, 11) is 0. The Bertz CT molecular complexity index is 1120. The van der Waals surface area contributed by atoms with Gasteiger partial charge in [0, 0.05) is 31.9 Å². The Balaban J connectivity index is 1.24. The van der Waals surface area contributed by atoms with Gasteiger partial charge in [0.25, 0.3) is 5.91 Å². The van der Waals surface area contributed by atoms with Crippen LogP contribution in [0.25, 0.3) is 0 Å². The fourth-order valence-corrected chi connectivity index (χ4v) is 4.46. The highest BCUT2D eigenvalue weighted by Crippen LogP contribution is 2.28. The molecule has 2 aliphatic heterocycles. The highest BCUT2D eigenvalue weighted by atomic mass is 16.5. The summed E-state index contributed by atoms with van der Waals surface area (Å²) in [6.07, 6.45) is 3.57. The van der Waals surface area contributed by atoms with E-state index >= 15 is 0 Å². The first kappa shape index (κ1) is 21.4. The molecule has 1 amide bonds. The first-order chi connectivity index (χ1) is 16.2. The second-order valence-corrected chi connectivity index (χ2v) is 8.47. The standard InChI is InChI=1S/C25H27N5O3/c31-22(16-29-10-8-18-3-1-2-4-19(18)15-29)17-30-11-12-33-24-6-5-20(13-23(24)25(30)32)28-21-7-9-26-27-14-21/h1-7,9,13-14,22,31H,8,10-12,15-17H2,(H,26,28)/t22-/m1/s1. The molecule has 8 heteroatoms. The molecular weight excluding hydrogens is 418 g/mol. The molecule has 170 valence electrons. The number of aromatic nitrogens is 2. The van der Waals surface area contributed by atoms with E-state index in [0.717, 1.165) is 30.9 Å². The average molecular weight is 446 g/mol. The van der Waals surface area contributed by atoms with E-state index in [-0.39, 0.29) is 12.5 Å². The Morgan fingerprint density at radius 2 is 1.91 bits per heavy atom. The fraction of sp³-hybridized carbons (Fsp3) is 0.320. The van der Waals surface area contributed by atoms with Gasteiger partial charge in [0.05, 0.1) is 36.3 Å². The number of carbonyl (C=O) groups excluding carboxylic acids is 1. The lowest BCUT2D eigenvalue weighted by atomic mass is 10.00. The van der Waals surface area contributed by atoms with Crippen LogP contribution in [-0.4, -0.2) is 69.9 Å². The van der Waals surface area contributed by atoms with E-state index in [0.29, 0.717) is 31.0 Å². The topological polar surface area (TPSA) is 90.8 Å². The van der Waals surface area contributed by atoms with Crippen molar-refractivity contribution < 1.29 is 14.6 Å². The van der Waals surface area contributed by atoms with Crippen LogP contribution >= 0.6 is 0 Å². The molecule has 2 aliphatic rings. The predicted octanol–water partition coefficient (Wildman–Crippen LogP) is 2.47. The molecule has 3 heterocycles. The number of anilines is 2. The first-order valence-corrected chi connectivity index (χ1v) is 11.2. The Morgan fingerprint density at radius 3 is 2.76 bits per heavy atom. The predicted molar refractivity (Wildman–Crippen MR) is 125 cm³/mol. The molecule has 0 unspecified atom stereocenters. The minimum Gasteiger partial charge on any atom is -0.491 e. The van der Waals surface area contributed by atoms with Gasteiger partial charge in [-0.1, -0.05) is 24.3 Å². The fourth-order valence-electron chi connectivity index (χ4n) is 4.46. The van der Waals surface area contributed by atoms with E-state index < -0.39 is 6.10 Å². The summed E-state index contributed by atoms with van der Waals surface area (Å²) in [6, 6.07) is 15.7. The van der Waals surface area contributed by atoms with Crippen LogP contribution in [0.5, 0.6) is 5.75 Å². The van der Waals surface area contributed by atoms with Crippen molar-refractivity contribution >= 4 is 17.3 Å². The van der Waals surface area contributed by atoms with Gasteiger partial charge in [-0.3, -0.25) is 9.69 Å². The van der Waals surface area contributed by atoms with Crippen LogP contribution in [0.2, 0.25) is 0 Å². The Kier molecular flexibility index (Phi) is 6.19. The van der Waals surface area contributed by atoms with Gasteiger partial charge < -0.3 is 20.1 Å². The van der Waals surface area contributed by atoms with E-state index in [1.807, 2.05) is 6.07 Å². The molecule has 0 saturated carbocycles. The van der Waals surface area contributed by atoms with Gasteiger partial charge in [-0.05, 0) is 41.8 Å². The van der Waals surface area contributed by atoms with Crippen molar-refractivity contribution in [2.24, 2.45) is 0 Å². The molecule has 5 rings (SSSR count). The Morgan fingerprint density at radius 1 is 1.03 bits per heavy atom. The van der Waals surface area contributed by atoms with Crippen LogP contribution in [0.3, 0.4) is 0 Å². The van der Waals surface area contributed by atoms with Crippen LogP contribution in [0.1, 0.15) is 21.5 Å². The van der Waals surface area contributed by atoms with E-state index in [2.05, 4.69) is 44.7 Å². The summed E-state index contributed by atoms with van der Waals surface area (Å²) < 4.78 is 5.82. The van der Waals surface area contributed by atoms with Crippen molar-refractivity contribution in [2.75, 3.05) is 38.1 Å².